The lowest BCUT2D eigenvalue weighted by atomic mass is 9.93. The van der Waals surface area contributed by atoms with Crippen LogP contribution in [0.3, 0.4) is 0 Å². The van der Waals surface area contributed by atoms with E-state index in [1.165, 1.54) is 69.8 Å². The van der Waals surface area contributed by atoms with Gasteiger partial charge >= 0.3 is 0 Å². The second-order valence-corrected chi connectivity index (χ2v) is 9.78. The van der Waals surface area contributed by atoms with Gasteiger partial charge in [-0.3, -0.25) is 9.80 Å². The third-order valence-electron chi connectivity index (χ3n) is 7.92. The first-order valence-corrected chi connectivity index (χ1v) is 12.7. The van der Waals surface area contributed by atoms with Crippen molar-refractivity contribution in [2.24, 2.45) is 0 Å². The molecule has 2 saturated carbocycles. The summed E-state index contributed by atoms with van der Waals surface area (Å²) in [5.74, 6) is 1.90. The first-order chi connectivity index (χ1) is 15.8. The summed E-state index contributed by atoms with van der Waals surface area (Å²) in [4.78, 5) is 5.32. The van der Waals surface area contributed by atoms with Gasteiger partial charge in [-0.15, -0.1) is 5.10 Å². The Morgan fingerprint density at radius 3 is 2.19 bits per heavy atom. The van der Waals surface area contributed by atoms with Crippen molar-refractivity contribution in [2.75, 3.05) is 33.3 Å². The van der Waals surface area contributed by atoms with Crippen LogP contribution in [0, 0.1) is 0 Å². The van der Waals surface area contributed by atoms with Crippen LogP contribution in [-0.4, -0.2) is 69.3 Å². The lowest BCUT2D eigenvalue weighted by molar-refractivity contribution is 0.0607. The number of ether oxygens (including phenoxy) is 1. The topological polar surface area (TPSA) is 59.3 Å². The first kappa shape index (κ1) is 21.8. The van der Waals surface area contributed by atoms with Gasteiger partial charge in [0.05, 0.1) is 13.2 Å². The van der Waals surface area contributed by atoms with Crippen molar-refractivity contribution in [3.8, 4) is 5.75 Å². The number of para-hydroxylation sites is 1. The molecule has 2 aliphatic carbocycles. The molecule has 32 heavy (non-hydrogen) atoms. The number of aromatic nitrogens is 4. The van der Waals surface area contributed by atoms with Crippen LogP contribution in [-0.2, 0) is 0 Å². The van der Waals surface area contributed by atoms with E-state index in [1.54, 1.807) is 7.11 Å². The van der Waals surface area contributed by atoms with E-state index < -0.39 is 0 Å². The fraction of sp³-hybridized carbons (Fsp3) is 0.720. The number of benzene rings is 1. The average Bonchev–Trinajstić information content (AvgIpc) is 3.35. The molecule has 0 radical (unpaired) electrons. The van der Waals surface area contributed by atoms with Crippen molar-refractivity contribution in [3.63, 3.8) is 0 Å². The molecule has 3 aliphatic rings. The third-order valence-corrected chi connectivity index (χ3v) is 7.92. The molecule has 0 bridgehead atoms. The quantitative estimate of drug-likeness (QED) is 0.673. The van der Waals surface area contributed by atoms with Crippen LogP contribution in [0.5, 0.6) is 5.75 Å². The molecule has 1 aliphatic heterocycles. The van der Waals surface area contributed by atoms with E-state index in [2.05, 4.69) is 48.2 Å². The minimum atomic E-state index is 0.0246. The SMILES string of the molecule is COc1ccccc1C(c1nnnn1C1CCCCC1)N1CCN(C2CCCCC2)CC1. The zero-order valence-corrected chi connectivity index (χ0v) is 19.5. The fourth-order valence-corrected chi connectivity index (χ4v) is 6.16. The summed E-state index contributed by atoms with van der Waals surface area (Å²) >= 11 is 0. The summed E-state index contributed by atoms with van der Waals surface area (Å²) in [6.07, 6.45) is 13.1. The molecule has 2 aromatic rings. The van der Waals surface area contributed by atoms with Gasteiger partial charge in [0.25, 0.3) is 0 Å². The predicted molar refractivity (Wildman–Crippen MR) is 125 cm³/mol. The van der Waals surface area contributed by atoms with E-state index in [-0.39, 0.29) is 6.04 Å². The number of nitrogens with zero attached hydrogens (tertiary/aromatic N) is 6. The van der Waals surface area contributed by atoms with Crippen LogP contribution >= 0.6 is 0 Å². The second kappa shape index (κ2) is 10.3. The smallest absolute Gasteiger partial charge is 0.173 e. The highest BCUT2D eigenvalue weighted by molar-refractivity contribution is 5.39. The average molecular weight is 439 g/mol. The molecule has 1 unspecified atom stereocenters. The van der Waals surface area contributed by atoms with Crippen LogP contribution in [0.25, 0.3) is 0 Å². The Balaban J connectivity index is 1.42. The van der Waals surface area contributed by atoms with E-state index in [0.29, 0.717) is 6.04 Å². The van der Waals surface area contributed by atoms with Gasteiger partial charge in [0.1, 0.15) is 11.8 Å². The molecule has 7 heteroatoms. The molecule has 0 spiro atoms. The largest absolute Gasteiger partial charge is 0.496 e. The van der Waals surface area contributed by atoms with E-state index in [4.69, 9.17) is 4.74 Å². The molecular weight excluding hydrogens is 400 g/mol. The summed E-state index contributed by atoms with van der Waals surface area (Å²) in [7, 11) is 1.76. The van der Waals surface area contributed by atoms with Crippen LogP contribution < -0.4 is 4.74 Å². The molecule has 0 N–H and O–H groups in total. The number of hydrogen-bond acceptors (Lipinski definition) is 6. The standard InChI is InChI=1S/C25H38N6O/c1-32-23-15-9-8-14-22(23)24(25-26-27-28-31(25)21-12-6-3-7-13-21)30-18-16-29(17-19-30)20-10-4-2-5-11-20/h8-9,14-15,20-21,24H,2-7,10-13,16-19H2,1H3. The maximum Gasteiger partial charge on any atom is 0.173 e. The predicted octanol–water partition coefficient (Wildman–Crippen LogP) is 4.23. The summed E-state index contributed by atoms with van der Waals surface area (Å²) in [6.45, 7) is 4.33. The monoisotopic (exact) mass is 438 g/mol. The summed E-state index contributed by atoms with van der Waals surface area (Å²) in [5.41, 5.74) is 1.17. The first-order valence-electron chi connectivity index (χ1n) is 12.7. The van der Waals surface area contributed by atoms with Crippen molar-refractivity contribution in [2.45, 2.75) is 82.3 Å². The van der Waals surface area contributed by atoms with Crippen molar-refractivity contribution in [1.82, 2.24) is 30.0 Å². The van der Waals surface area contributed by atoms with Crippen LogP contribution in [0.2, 0.25) is 0 Å². The van der Waals surface area contributed by atoms with Gasteiger partial charge in [-0.2, -0.15) is 0 Å². The van der Waals surface area contributed by atoms with Crippen molar-refractivity contribution < 1.29 is 4.74 Å². The Morgan fingerprint density at radius 2 is 1.50 bits per heavy atom. The number of methoxy groups -OCH3 is 1. The molecule has 174 valence electrons. The van der Waals surface area contributed by atoms with E-state index in [1.807, 2.05) is 6.07 Å². The molecule has 1 atom stereocenters. The van der Waals surface area contributed by atoms with Gasteiger partial charge in [-0.05, 0) is 42.2 Å². The minimum Gasteiger partial charge on any atom is -0.496 e. The van der Waals surface area contributed by atoms with Gasteiger partial charge in [-0.25, -0.2) is 4.68 Å². The molecule has 5 rings (SSSR count). The van der Waals surface area contributed by atoms with Crippen molar-refractivity contribution in [3.05, 3.63) is 35.7 Å². The van der Waals surface area contributed by atoms with Crippen molar-refractivity contribution >= 4 is 0 Å². The minimum absolute atomic E-state index is 0.0246. The van der Waals surface area contributed by atoms with E-state index in [0.717, 1.165) is 43.8 Å². The Hall–Kier alpha value is -1.99. The maximum atomic E-state index is 5.80. The molecule has 1 aromatic carbocycles. The molecule has 7 nitrogen and oxygen atoms in total. The molecule has 0 amide bonds. The summed E-state index contributed by atoms with van der Waals surface area (Å²) < 4.78 is 7.94. The highest BCUT2D eigenvalue weighted by Gasteiger charge is 2.35. The molecule has 1 aromatic heterocycles. The molecule has 3 fully saturated rings. The molecule has 2 heterocycles. The number of tetrazole rings is 1. The highest BCUT2D eigenvalue weighted by Crippen LogP contribution is 2.37. The Kier molecular flexibility index (Phi) is 7.03. The molecular formula is C25H38N6O. The second-order valence-electron chi connectivity index (χ2n) is 9.78. The lowest BCUT2D eigenvalue weighted by Gasteiger charge is -2.43. The number of hydrogen-bond donors (Lipinski definition) is 0. The zero-order chi connectivity index (χ0) is 21.8. The summed E-state index contributed by atoms with van der Waals surface area (Å²) in [5, 5.41) is 13.3. The van der Waals surface area contributed by atoms with Gasteiger partial charge in [0.2, 0.25) is 0 Å². The number of piperazine rings is 1. The lowest BCUT2D eigenvalue weighted by Crippen LogP contribution is -2.52. The van der Waals surface area contributed by atoms with Crippen LogP contribution in [0.4, 0.5) is 0 Å². The number of rotatable bonds is 6. The third kappa shape index (κ3) is 4.55. The van der Waals surface area contributed by atoms with Gasteiger partial charge in [-0.1, -0.05) is 56.7 Å². The van der Waals surface area contributed by atoms with Crippen LogP contribution in [0.1, 0.15) is 87.7 Å². The van der Waals surface area contributed by atoms with Gasteiger partial charge in [0.15, 0.2) is 5.82 Å². The van der Waals surface area contributed by atoms with Gasteiger partial charge in [0, 0.05) is 37.8 Å². The Bertz CT molecular complexity index is 850. The van der Waals surface area contributed by atoms with Crippen LogP contribution in [0.15, 0.2) is 24.3 Å². The highest BCUT2D eigenvalue weighted by atomic mass is 16.5. The zero-order valence-electron chi connectivity index (χ0n) is 19.5. The normalized spacial score (nSPS) is 23.3. The Labute approximate surface area is 192 Å². The summed E-state index contributed by atoms with van der Waals surface area (Å²) in [6, 6.07) is 9.63. The van der Waals surface area contributed by atoms with E-state index in [9.17, 15) is 0 Å². The molecule has 1 saturated heterocycles. The maximum absolute atomic E-state index is 5.80. The fourth-order valence-electron chi connectivity index (χ4n) is 6.16. The Morgan fingerprint density at radius 1 is 0.844 bits per heavy atom. The van der Waals surface area contributed by atoms with E-state index >= 15 is 0 Å². The van der Waals surface area contributed by atoms with Crippen molar-refractivity contribution in [1.29, 1.82) is 0 Å². The van der Waals surface area contributed by atoms with Gasteiger partial charge < -0.3 is 4.74 Å².